The zero-order valence-electron chi connectivity index (χ0n) is 9.85. The van der Waals surface area contributed by atoms with Crippen molar-refractivity contribution >= 4 is 28.4 Å². The number of rotatable bonds is 4. The van der Waals surface area contributed by atoms with Crippen molar-refractivity contribution in [1.29, 1.82) is 0 Å². The number of halogens is 1. The molecule has 0 aliphatic carbocycles. The molecule has 1 aromatic carbocycles. The molecule has 0 bridgehead atoms. The summed E-state index contributed by atoms with van der Waals surface area (Å²) in [6.07, 6.45) is 0.720. The van der Waals surface area contributed by atoms with E-state index in [1.165, 1.54) is 0 Å². The molecular weight excluding hydrogens is 343 g/mol. The van der Waals surface area contributed by atoms with E-state index in [4.69, 9.17) is 10.6 Å². The molecule has 2 aromatic rings. The fourth-order valence-corrected chi connectivity index (χ4v) is 1.92. The van der Waals surface area contributed by atoms with E-state index in [9.17, 15) is 0 Å². The molecule has 0 amide bonds. The summed E-state index contributed by atoms with van der Waals surface area (Å²) >= 11 is 2.23. The van der Waals surface area contributed by atoms with E-state index in [2.05, 4.69) is 38.0 Å². The molecule has 0 unspecified atom stereocenters. The third-order valence-corrected chi connectivity index (χ3v) is 2.90. The highest BCUT2D eigenvalue weighted by Gasteiger charge is 2.05. The van der Waals surface area contributed by atoms with Crippen LogP contribution in [0.1, 0.15) is 12.7 Å². The zero-order valence-corrected chi connectivity index (χ0v) is 12.0. The van der Waals surface area contributed by atoms with Gasteiger partial charge in [-0.25, -0.2) is 10.8 Å². The number of nitrogens with zero attached hydrogens (tertiary/aromatic N) is 2. The number of aromatic nitrogens is 2. The average molecular weight is 356 g/mol. The molecule has 5 nitrogen and oxygen atoms in total. The molecule has 0 saturated carbocycles. The van der Waals surface area contributed by atoms with E-state index in [0.29, 0.717) is 17.5 Å². The summed E-state index contributed by atoms with van der Waals surface area (Å²) in [4.78, 5) is 8.49. The highest BCUT2D eigenvalue weighted by atomic mass is 127. The number of benzene rings is 1. The second-order valence-electron chi connectivity index (χ2n) is 3.56. The molecule has 0 radical (unpaired) electrons. The van der Waals surface area contributed by atoms with Gasteiger partial charge in [-0.3, -0.25) is 0 Å². The number of nitrogens with one attached hydrogen (secondary N) is 1. The highest BCUT2D eigenvalue weighted by Crippen LogP contribution is 2.23. The van der Waals surface area contributed by atoms with E-state index < -0.39 is 0 Å². The summed E-state index contributed by atoms with van der Waals surface area (Å²) in [6, 6.07) is 9.41. The number of hydrogen-bond acceptors (Lipinski definition) is 5. The third-order valence-electron chi connectivity index (χ3n) is 2.23. The molecule has 0 saturated heterocycles. The van der Waals surface area contributed by atoms with Crippen LogP contribution in [0.2, 0.25) is 0 Å². The first-order valence-corrected chi connectivity index (χ1v) is 6.57. The minimum Gasteiger partial charge on any atom is -0.439 e. The minimum atomic E-state index is 0.483. The lowest BCUT2D eigenvalue weighted by molar-refractivity contribution is 0.459. The Kier molecular flexibility index (Phi) is 4.32. The lowest BCUT2D eigenvalue weighted by Crippen LogP contribution is -2.10. The fourth-order valence-electron chi connectivity index (χ4n) is 1.41. The van der Waals surface area contributed by atoms with Gasteiger partial charge in [-0.05, 0) is 40.8 Å². The average Bonchev–Trinajstić information content (AvgIpc) is 2.38. The Morgan fingerprint density at radius 2 is 2.17 bits per heavy atom. The molecule has 1 aromatic heterocycles. The van der Waals surface area contributed by atoms with Gasteiger partial charge in [0.2, 0.25) is 5.88 Å². The lowest BCUT2D eigenvalue weighted by Gasteiger charge is -2.08. The number of aryl methyl sites for hydroxylation is 1. The van der Waals surface area contributed by atoms with Gasteiger partial charge < -0.3 is 10.2 Å². The predicted octanol–water partition coefficient (Wildman–Crippen LogP) is 2.72. The normalized spacial score (nSPS) is 10.2. The smallest absolute Gasteiger partial charge is 0.224 e. The van der Waals surface area contributed by atoms with E-state index in [0.717, 1.165) is 15.7 Å². The molecule has 1 heterocycles. The SMILES string of the molecule is CCc1nc(NN)cc(Oc2cccc(I)c2)n1. The molecule has 2 rings (SSSR count). The number of ether oxygens (including phenoxy) is 1. The van der Waals surface area contributed by atoms with Gasteiger partial charge in [0.25, 0.3) is 0 Å². The monoisotopic (exact) mass is 356 g/mol. The topological polar surface area (TPSA) is 73.1 Å². The second-order valence-corrected chi connectivity index (χ2v) is 4.81. The molecule has 18 heavy (non-hydrogen) atoms. The van der Waals surface area contributed by atoms with Crippen LogP contribution in [-0.2, 0) is 6.42 Å². The van der Waals surface area contributed by atoms with Gasteiger partial charge in [-0.1, -0.05) is 13.0 Å². The second kappa shape index (κ2) is 5.96. The Balaban J connectivity index is 2.28. The standard InChI is InChI=1S/C12H13IN4O/c1-2-10-15-11(17-14)7-12(16-10)18-9-5-3-4-8(13)6-9/h3-7H,2,14H2,1H3,(H,15,16,17). The van der Waals surface area contributed by atoms with Gasteiger partial charge >= 0.3 is 0 Å². The fraction of sp³-hybridized carbons (Fsp3) is 0.167. The van der Waals surface area contributed by atoms with E-state index >= 15 is 0 Å². The molecule has 6 heteroatoms. The molecule has 3 N–H and O–H groups in total. The number of anilines is 1. The molecule has 0 aliphatic heterocycles. The molecule has 94 valence electrons. The first-order chi connectivity index (χ1) is 8.71. The van der Waals surface area contributed by atoms with Crippen molar-refractivity contribution in [1.82, 2.24) is 9.97 Å². The first-order valence-electron chi connectivity index (χ1n) is 5.49. The summed E-state index contributed by atoms with van der Waals surface area (Å²) in [6.45, 7) is 1.98. The van der Waals surface area contributed by atoms with Crippen LogP contribution >= 0.6 is 22.6 Å². The van der Waals surface area contributed by atoms with Gasteiger partial charge in [0, 0.05) is 16.1 Å². The maximum Gasteiger partial charge on any atom is 0.224 e. The van der Waals surface area contributed by atoms with Gasteiger partial charge in [0.1, 0.15) is 17.4 Å². The number of nitrogens with two attached hydrogens (primary N) is 1. The van der Waals surface area contributed by atoms with Gasteiger partial charge in [-0.2, -0.15) is 4.98 Å². The van der Waals surface area contributed by atoms with Gasteiger partial charge in [0.15, 0.2) is 0 Å². The molecule has 0 fully saturated rings. The van der Waals surface area contributed by atoms with Crippen LogP contribution in [-0.4, -0.2) is 9.97 Å². The molecule has 0 spiro atoms. The Morgan fingerprint density at radius 1 is 1.33 bits per heavy atom. The maximum absolute atomic E-state index is 5.69. The van der Waals surface area contributed by atoms with Crippen LogP contribution in [0.15, 0.2) is 30.3 Å². The maximum atomic E-state index is 5.69. The molecule has 0 atom stereocenters. The van der Waals surface area contributed by atoms with Crippen LogP contribution in [0, 0.1) is 3.57 Å². The number of nitrogen functional groups attached to an aromatic ring is 1. The van der Waals surface area contributed by atoms with Crippen molar-refractivity contribution in [3.63, 3.8) is 0 Å². The van der Waals surface area contributed by atoms with Gasteiger partial charge in [0.05, 0.1) is 0 Å². The van der Waals surface area contributed by atoms with Crippen LogP contribution in [0.25, 0.3) is 0 Å². The summed E-state index contributed by atoms with van der Waals surface area (Å²) < 4.78 is 6.80. The molecular formula is C12H13IN4O. The van der Waals surface area contributed by atoms with Gasteiger partial charge in [-0.15, -0.1) is 0 Å². The Morgan fingerprint density at radius 3 is 2.83 bits per heavy atom. The van der Waals surface area contributed by atoms with Crippen LogP contribution in [0.5, 0.6) is 11.6 Å². The molecule has 0 aliphatic rings. The van der Waals surface area contributed by atoms with Crippen molar-refractivity contribution in [2.75, 3.05) is 5.43 Å². The summed E-state index contributed by atoms with van der Waals surface area (Å²) in [5.41, 5.74) is 2.51. The van der Waals surface area contributed by atoms with Crippen molar-refractivity contribution in [3.05, 3.63) is 39.7 Å². The Bertz CT molecular complexity index is 525. The third kappa shape index (κ3) is 3.30. The van der Waals surface area contributed by atoms with E-state index in [1.54, 1.807) is 6.07 Å². The highest BCUT2D eigenvalue weighted by molar-refractivity contribution is 14.1. The quantitative estimate of drug-likeness (QED) is 0.501. The largest absolute Gasteiger partial charge is 0.439 e. The van der Waals surface area contributed by atoms with Crippen molar-refractivity contribution in [2.24, 2.45) is 5.84 Å². The summed E-state index contributed by atoms with van der Waals surface area (Å²) in [5, 5.41) is 0. The van der Waals surface area contributed by atoms with Crippen molar-refractivity contribution in [2.45, 2.75) is 13.3 Å². The lowest BCUT2D eigenvalue weighted by atomic mass is 10.3. The van der Waals surface area contributed by atoms with E-state index in [-0.39, 0.29) is 0 Å². The van der Waals surface area contributed by atoms with Crippen molar-refractivity contribution < 1.29 is 4.74 Å². The van der Waals surface area contributed by atoms with E-state index in [1.807, 2.05) is 31.2 Å². The first kappa shape index (κ1) is 13.0. The van der Waals surface area contributed by atoms with Crippen molar-refractivity contribution in [3.8, 4) is 11.6 Å². The predicted molar refractivity (Wildman–Crippen MR) is 78.5 cm³/mol. The van der Waals surface area contributed by atoms with Crippen LogP contribution < -0.4 is 16.0 Å². The van der Waals surface area contributed by atoms with Crippen LogP contribution in [0.3, 0.4) is 0 Å². The summed E-state index contributed by atoms with van der Waals surface area (Å²) in [7, 11) is 0. The van der Waals surface area contributed by atoms with Crippen LogP contribution in [0.4, 0.5) is 5.82 Å². The Hall–Kier alpha value is -1.41. The number of hydrogen-bond donors (Lipinski definition) is 2. The summed E-state index contributed by atoms with van der Waals surface area (Å²) in [5.74, 6) is 7.82. The Labute approximate surface area is 119 Å². The number of hydrazine groups is 1. The zero-order chi connectivity index (χ0) is 13.0. The minimum absolute atomic E-state index is 0.483.